The number of para-hydroxylation sites is 2. The van der Waals surface area contributed by atoms with Gasteiger partial charge in [-0.25, -0.2) is 0 Å². The molecule has 182 valence electrons. The lowest BCUT2D eigenvalue weighted by Crippen LogP contribution is -2.44. The van der Waals surface area contributed by atoms with Crippen LogP contribution in [0.1, 0.15) is 50.7 Å². The van der Waals surface area contributed by atoms with Crippen LogP contribution in [-0.2, 0) is 10.8 Å². The van der Waals surface area contributed by atoms with Crippen LogP contribution in [0, 0.1) is 0 Å². The van der Waals surface area contributed by atoms with E-state index in [-0.39, 0.29) is 0 Å². The number of fused-ring (bicyclic) bond motifs is 3. The SMILES string of the molecule is CC12CCC(C)(CC1)c1cc(-c3cc4ccccc4cc3N(c3ccccc3)c3ccccc3)ccc12. The Hall–Kier alpha value is -3.84. The summed E-state index contributed by atoms with van der Waals surface area (Å²) in [6.07, 6.45) is 5.22. The fourth-order valence-electron chi connectivity index (χ4n) is 6.86. The summed E-state index contributed by atoms with van der Waals surface area (Å²) < 4.78 is 0. The quantitative estimate of drug-likeness (QED) is 0.248. The topological polar surface area (TPSA) is 3.24 Å². The maximum atomic E-state index is 2.54. The van der Waals surface area contributed by atoms with Crippen molar-refractivity contribution < 1.29 is 0 Å². The van der Waals surface area contributed by atoms with Crippen molar-refractivity contribution in [2.45, 2.75) is 50.4 Å². The van der Waals surface area contributed by atoms with Gasteiger partial charge in [-0.3, -0.25) is 0 Å². The Kier molecular flexibility index (Phi) is 5.05. The summed E-state index contributed by atoms with van der Waals surface area (Å²) in [6, 6.07) is 42.4. The van der Waals surface area contributed by atoms with Gasteiger partial charge in [0.2, 0.25) is 0 Å². The lowest BCUT2D eigenvalue weighted by Gasteiger charge is -2.52. The monoisotopic (exact) mass is 479 g/mol. The van der Waals surface area contributed by atoms with Crippen LogP contribution in [0.4, 0.5) is 17.1 Å². The van der Waals surface area contributed by atoms with Crippen molar-refractivity contribution >= 4 is 27.8 Å². The van der Waals surface area contributed by atoms with Crippen molar-refractivity contribution in [1.29, 1.82) is 0 Å². The molecular weight excluding hydrogens is 446 g/mol. The lowest BCUT2D eigenvalue weighted by molar-refractivity contribution is 0.188. The minimum atomic E-state index is 0.290. The zero-order chi connectivity index (χ0) is 25.0. The summed E-state index contributed by atoms with van der Waals surface area (Å²) in [4.78, 5) is 2.41. The standard InChI is InChI=1S/C36H33N/c1-35-19-21-36(2,22-20-35)33-24-28(17-18-32(33)35)31-23-26-11-9-10-12-27(26)25-34(31)37(29-13-5-3-6-14-29)30-15-7-4-8-16-30/h3-18,23-25H,19-22H2,1-2H3. The minimum absolute atomic E-state index is 0.290. The van der Waals surface area contributed by atoms with Crippen molar-refractivity contribution in [2.75, 3.05) is 4.90 Å². The van der Waals surface area contributed by atoms with Crippen LogP contribution < -0.4 is 4.90 Å². The molecule has 37 heavy (non-hydrogen) atoms. The van der Waals surface area contributed by atoms with E-state index < -0.39 is 0 Å². The summed E-state index contributed by atoms with van der Waals surface area (Å²) >= 11 is 0. The molecule has 2 bridgehead atoms. The Bertz CT molecular complexity index is 1550. The first-order valence-electron chi connectivity index (χ1n) is 13.6. The zero-order valence-electron chi connectivity index (χ0n) is 21.7. The summed E-state index contributed by atoms with van der Waals surface area (Å²) in [6.45, 7) is 4.98. The Morgan fingerprint density at radius 2 is 1.03 bits per heavy atom. The summed E-state index contributed by atoms with van der Waals surface area (Å²) in [7, 11) is 0. The average Bonchev–Trinajstić information content (AvgIpc) is 2.95. The number of nitrogens with zero attached hydrogens (tertiary/aromatic N) is 1. The van der Waals surface area contributed by atoms with Gasteiger partial charge in [0.1, 0.15) is 0 Å². The van der Waals surface area contributed by atoms with E-state index in [4.69, 9.17) is 0 Å². The molecule has 0 unspecified atom stereocenters. The van der Waals surface area contributed by atoms with Gasteiger partial charge in [0, 0.05) is 16.9 Å². The van der Waals surface area contributed by atoms with Crippen LogP contribution in [-0.4, -0.2) is 0 Å². The highest BCUT2D eigenvalue weighted by atomic mass is 15.1. The first-order chi connectivity index (χ1) is 18.0. The maximum Gasteiger partial charge on any atom is 0.0546 e. The van der Waals surface area contributed by atoms with E-state index in [0.29, 0.717) is 10.8 Å². The second-order valence-electron chi connectivity index (χ2n) is 11.6. The van der Waals surface area contributed by atoms with Crippen molar-refractivity contribution in [1.82, 2.24) is 0 Å². The Morgan fingerprint density at radius 1 is 0.514 bits per heavy atom. The minimum Gasteiger partial charge on any atom is -0.310 e. The molecule has 0 N–H and O–H groups in total. The molecule has 0 spiro atoms. The van der Waals surface area contributed by atoms with Gasteiger partial charge in [-0.15, -0.1) is 0 Å². The van der Waals surface area contributed by atoms with E-state index in [1.165, 1.54) is 64.6 Å². The van der Waals surface area contributed by atoms with Crippen molar-refractivity contribution in [3.63, 3.8) is 0 Å². The van der Waals surface area contributed by atoms with Crippen molar-refractivity contribution in [3.05, 3.63) is 126 Å². The van der Waals surface area contributed by atoms with Gasteiger partial charge in [0.15, 0.2) is 0 Å². The molecule has 0 heterocycles. The molecule has 5 aromatic rings. The van der Waals surface area contributed by atoms with Crippen LogP contribution in [0.25, 0.3) is 21.9 Å². The number of hydrogen-bond donors (Lipinski definition) is 0. The fourth-order valence-corrected chi connectivity index (χ4v) is 6.86. The van der Waals surface area contributed by atoms with Gasteiger partial charge >= 0.3 is 0 Å². The summed E-state index contributed by atoms with van der Waals surface area (Å²) in [5, 5.41) is 2.54. The third kappa shape index (κ3) is 3.60. The van der Waals surface area contributed by atoms with E-state index >= 15 is 0 Å². The smallest absolute Gasteiger partial charge is 0.0546 e. The third-order valence-corrected chi connectivity index (χ3v) is 9.22. The van der Waals surface area contributed by atoms with Gasteiger partial charge in [-0.1, -0.05) is 92.7 Å². The molecule has 1 fully saturated rings. The van der Waals surface area contributed by atoms with Crippen molar-refractivity contribution in [3.8, 4) is 11.1 Å². The number of anilines is 3. The highest BCUT2D eigenvalue weighted by Gasteiger charge is 2.47. The van der Waals surface area contributed by atoms with E-state index in [1.54, 1.807) is 11.1 Å². The van der Waals surface area contributed by atoms with Gasteiger partial charge < -0.3 is 4.90 Å². The first-order valence-corrected chi connectivity index (χ1v) is 13.6. The maximum absolute atomic E-state index is 2.54. The molecule has 0 saturated heterocycles. The molecule has 0 aliphatic heterocycles. The second kappa shape index (κ2) is 8.35. The molecular formula is C36H33N. The van der Waals surface area contributed by atoms with Gasteiger partial charge in [0.05, 0.1) is 5.69 Å². The van der Waals surface area contributed by atoms with E-state index in [1.807, 2.05) is 0 Å². The lowest BCUT2D eigenvalue weighted by atomic mass is 9.52. The van der Waals surface area contributed by atoms with Crippen LogP contribution in [0.2, 0.25) is 0 Å². The molecule has 3 aliphatic carbocycles. The fraction of sp³-hybridized carbons (Fsp3) is 0.222. The Balaban J connectivity index is 1.50. The molecule has 0 radical (unpaired) electrons. The molecule has 3 aliphatic rings. The van der Waals surface area contributed by atoms with E-state index in [0.717, 1.165) is 0 Å². The predicted molar refractivity (Wildman–Crippen MR) is 157 cm³/mol. The Labute approximate surface area is 220 Å². The largest absolute Gasteiger partial charge is 0.310 e. The summed E-state index contributed by atoms with van der Waals surface area (Å²) in [5.74, 6) is 0. The van der Waals surface area contributed by atoms with Crippen molar-refractivity contribution in [2.24, 2.45) is 0 Å². The number of rotatable bonds is 4. The molecule has 1 nitrogen and oxygen atoms in total. The van der Waals surface area contributed by atoms with Crippen LogP contribution in [0.3, 0.4) is 0 Å². The molecule has 1 saturated carbocycles. The van der Waals surface area contributed by atoms with Gasteiger partial charge in [-0.05, 0) is 100 Å². The average molecular weight is 480 g/mol. The second-order valence-corrected chi connectivity index (χ2v) is 11.6. The summed E-state index contributed by atoms with van der Waals surface area (Å²) in [5.41, 5.74) is 9.93. The normalized spacial score (nSPS) is 22.1. The number of hydrogen-bond acceptors (Lipinski definition) is 1. The molecule has 0 amide bonds. The Morgan fingerprint density at radius 3 is 1.62 bits per heavy atom. The van der Waals surface area contributed by atoms with Crippen LogP contribution >= 0.6 is 0 Å². The molecule has 0 aromatic heterocycles. The van der Waals surface area contributed by atoms with E-state index in [9.17, 15) is 0 Å². The van der Waals surface area contributed by atoms with Crippen LogP contribution in [0.15, 0.2) is 115 Å². The highest BCUT2D eigenvalue weighted by Crippen LogP contribution is 2.57. The molecule has 0 atom stereocenters. The van der Waals surface area contributed by atoms with Crippen LogP contribution in [0.5, 0.6) is 0 Å². The van der Waals surface area contributed by atoms with E-state index in [2.05, 4.69) is 134 Å². The van der Waals surface area contributed by atoms with Gasteiger partial charge in [0.25, 0.3) is 0 Å². The number of benzene rings is 5. The third-order valence-electron chi connectivity index (χ3n) is 9.22. The van der Waals surface area contributed by atoms with Gasteiger partial charge in [-0.2, -0.15) is 0 Å². The molecule has 8 rings (SSSR count). The highest BCUT2D eigenvalue weighted by molar-refractivity contribution is 5.98. The first kappa shape index (κ1) is 22.4. The predicted octanol–water partition coefficient (Wildman–Crippen LogP) is 10.1. The molecule has 5 aromatic carbocycles. The molecule has 1 heteroatoms. The zero-order valence-corrected chi connectivity index (χ0v) is 21.7.